The molecule has 0 saturated carbocycles. The number of nitrogens with one attached hydrogen (secondary N) is 2. The number of aliphatic hydroxyl groups excluding tert-OH is 1. The SMILES string of the molecule is CCCOCCOCC(=O)NCCCC[C@H](CC(=O)[C@@H](C)NC(=O)[C@@H](N)Cc1ccc(O)cc1)C(=O)C[C@@H](CO)C(N)=O. The summed E-state index contributed by atoms with van der Waals surface area (Å²) in [7, 11) is 0. The molecule has 3 amide bonds. The van der Waals surface area contributed by atoms with E-state index in [4.69, 9.17) is 20.9 Å². The largest absolute Gasteiger partial charge is 0.508 e. The van der Waals surface area contributed by atoms with Gasteiger partial charge in [-0.25, -0.2) is 0 Å². The van der Waals surface area contributed by atoms with Gasteiger partial charge < -0.3 is 41.8 Å². The maximum absolute atomic E-state index is 13.0. The van der Waals surface area contributed by atoms with Crippen molar-refractivity contribution in [3.63, 3.8) is 0 Å². The van der Waals surface area contributed by atoms with E-state index < -0.39 is 53.9 Å². The van der Waals surface area contributed by atoms with Crippen molar-refractivity contribution in [1.82, 2.24) is 10.6 Å². The van der Waals surface area contributed by atoms with E-state index in [1.807, 2.05) is 6.92 Å². The van der Waals surface area contributed by atoms with Crippen molar-refractivity contribution in [1.29, 1.82) is 0 Å². The minimum atomic E-state index is -1.06. The topological polar surface area (TPSA) is 220 Å². The molecule has 1 rings (SSSR count). The zero-order valence-electron chi connectivity index (χ0n) is 25.2. The lowest BCUT2D eigenvalue weighted by Crippen LogP contribution is -2.48. The summed E-state index contributed by atoms with van der Waals surface area (Å²) in [5, 5.41) is 24.2. The number of nitrogens with two attached hydrogens (primary N) is 2. The highest BCUT2D eigenvalue weighted by Crippen LogP contribution is 2.20. The Labute approximate surface area is 253 Å². The number of ether oxygens (including phenoxy) is 2. The maximum Gasteiger partial charge on any atom is 0.245 e. The van der Waals surface area contributed by atoms with Gasteiger partial charge in [-0.05, 0) is 50.3 Å². The smallest absolute Gasteiger partial charge is 0.245 e. The number of carbonyl (C=O) groups excluding carboxylic acids is 5. The minimum absolute atomic E-state index is 0.0880. The number of hydrogen-bond acceptors (Lipinski definition) is 10. The third-order valence-corrected chi connectivity index (χ3v) is 6.80. The highest BCUT2D eigenvalue weighted by Gasteiger charge is 2.29. The van der Waals surface area contributed by atoms with E-state index in [1.54, 1.807) is 12.1 Å². The Kier molecular flexibility index (Phi) is 18.7. The Morgan fingerprint density at radius 2 is 1.58 bits per heavy atom. The third kappa shape index (κ3) is 16.1. The minimum Gasteiger partial charge on any atom is -0.508 e. The summed E-state index contributed by atoms with van der Waals surface area (Å²) in [6.07, 6.45) is 1.92. The Bertz CT molecular complexity index is 1020. The van der Waals surface area contributed by atoms with Gasteiger partial charge in [0.15, 0.2) is 5.78 Å². The summed E-state index contributed by atoms with van der Waals surface area (Å²) in [6, 6.07) is 4.39. The van der Waals surface area contributed by atoms with Crippen LogP contribution in [0.5, 0.6) is 5.75 Å². The van der Waals surface area contributed by atoms with Crippen LogP contribution in [0, 0.1) is 11.8 Å². The number of primary amides is 1. The number of rotatable bonds is 24. The standard InChI is InChI=1S/C30H48N4O9/c1-3-12-42-13-14-43-19-28(39)33-11-5-4-6-22(27(38)17-23(18-35)29(32)40)16-26(37)20(2)34-30(41)25(31)15-21-7-9-24(36)10-8-21/h7-10,20,22-23,25,35-36H,3-6,11-19,31H2,1-2H3,(H2,32,40)(H,33,39)(H,34,41)/t20-,22-,23+,25+/m1/s1. The fourth-order valence-electron chi connectivity index (χ4n) is 4.16. The summed E-state index contributed by atoms with van der Waals surface area (Å²) in [4.78, 5) is 62.1. The molecule has 43 heavy (non-hydrogen) atoms. The molecule has 13 heteroatoms. The zero-order valence-corrected chi connectivity index (χ0v) is 25.2. The van der Waals surface area contributed by atoms with Gasteiger partial charge in [0.2, 0.25) is 17.7 Å². The van der Waals surface area contributed by atoms with Crippen molar-refractivity contribution in [2.24, 2.45) is 23.3 Å². The number of aliphatic hydroxyl groups is 1. The van der Waals surface area contributed by atoms with E-state index in [0.29, 0.717) is 45.6 Å². The molecule has 8 N–H and O–H groups in total. The van der Waals surface area contributed by atoms with Crippen LogP contribution in [-0.4, -0.2) is 91.2 Å². The molecule has 242 valence electrons. The van der Waals surface area contributed by atoms with Crippen molar-refractivity contribution < 1.29 is 43.7 Å². The van der Waals surface area contributed by atoms with Gasteiger partial charge in [0, 0.05) is 31.9 Å². The number of unbranched alkanes of at least 4 members (excludes halogenated alkanes) is 1. The Morgan fingerprint density at radius 1 is 0.930 bits per heavy atom. The number of Topliss-reactive ketones (excluding diaryl/α,β-unsaturated/α-hetero) is 2. The zero-order chi connectivity index (χ0) is 32.2. The first-order chi connectivity index (χ1) is 20.5. The van der Waals surface area contributed by atoms with Crippen molar-refractivity contribution in [3.8, 4) is 5.75 Å². The van der Waals surface area contributed by atoms with Crippen LogP contribution in [-0.2, 0) is 39.9 Å². The summed E-state index contributed by atoms with van der Waals surface area (Å²) < 4.78 is 10.5. The van der Waals surface area contributed by atoms with Crippen molar-refractivity contribution in [2.75, 3.05) is 39.6 Å². The van der Waals surface area contributed by atoms with Gasteiger partial charge in [0.05, 0.1) is 37.8 Å². The molecule has 0 aliphatic heterocycles. The van der Waals surface area contributed by atoms with Gasteiger partial charge in [-0.1, -0.05) is 25.5 Å². The van der Waals surface area contributed by atoms with Crippen LogP contribution < -0.4 is 22.1 Å². The Morgan fingerprint density at radius 3 is 2.21 bits per heavy atom. The predicted molar refractivity (Wildman–Crippen MR) is 159 cm³/mol. The van der Waals surface area contributed by atoms with E-state index in [9.17, 15) is 34.2 Å². The fraction of sp³-hybridized carbons (Fsp3) is 0.633. The lowest BCUT2D eigenvalue weighted by Gasteiger charge is -2.21. The first kappa shape index (κ1) is 37.6. The Hall–Kier alpha value is -3.39. The van der Waals surface area contributed by atoms with E-state index in [2.05, 4.69) is 10.6 Å². The number of hydrogen-bond donors (Lipinski definition) is 6. The lowest BCUT2D eigenvalue weighted by molar-refractivity contribution is -0.133. The van der Waals surface area contributed by atoms with Gasteiger partial charge in [-0.15, -0.1) is 0 Å². The Balaban J connectivity index is 2.62. The number of amides is 3. The highest BCUT2D eigenvalue weighted by atomic mass is 16.5. The molecule has 0 aliphatic rings. The van der Waals surface area contributed by atoms with Crippen LogP contribution in [0.25, 0.3) is 0 Å². The molecule has 0 fully saturated rings. The van der Waals surface area contributed by atoms with Gasteiger partial charge in [-0.3, -0.25) is 24.0 Å². The summed E-state index contributed by atoms with van der Waals surface area (Å²) in [5.74, 6) is -4.17. The number of phenolic OH excluding ortho intramolecular Hbond substituents is 1. The molecule has 0 bridgehead atoms. The fourth-order valence-corrected chi connectivity index (χ4v) is 4.16. The number of benzene rings is 1. The molecular formula is C30H48N4O9. The molecule has 0 aromatic heterocycles. The molecule has 0 spiro atoms. The van der Waals surface area contributed by atoms with Gasteiger partial charge in [-0.2, -0.15) is 0 Å². The number of carbonyl (C=O) groups is 5. The summed E-state index contributed by atoms with van der Waals surface area (Å²) in [5.41, 5.74) is 12.0. The first-order valence-corrected chi connectivity index (χ1v) is 14.7. The van der Waals surface area contributed by atoms with Gasteiger partial charge >= 0.3 is 0 Å². The monoisotopic (exact) mass is 608 g/mol. The molecule has 0 radical (unpaired) electrons. The molecule has 1 aromatic rings. The molecule has 0 heterocycles. The molecule has 0 aliphatic carbocycles. The quantitative estimate of drug-likeness (QED) is 0.0871. The molecular weight excluding hydrogens is 560 g/mol. The number of aromatic hydroxyl groups is 1. The molecule has 0 saturated heterocycles. The van der Waals surface area contributed by atoms with Crippen molar-refractivity contribution in [3.05, 3.63) is 29.8 Å². The van der Waals surface area contributed by atoms with Crippen molar-refractivity contribution in [2.45, 2.75) is 70.9 Å². The second kappa shape index (κ2) is 21.3. The van der Waals surface area contributed by atoms with Gasteiger partial charge in [0.25, 0.3) is 0 Å². The van der Waals surface area contributed by atoms with E-state index in [0.717, 1.165) is 12.0 Å². The third-order valence-electron chi connectivity index (χ3n) is 6.80. The average Bonchev–Trinajstić information content (AvgIpc) is 2.97. The van der Waals surface area contributed by atoms with Crippen LogP contribution in [0.15, 0.2) is 24.3 Å². The van der Waals surface area contributed by atoms with E-state index >= 15 is 0 Å². The summed E-state index contributed by atoms with van der Waals surface area (Å²) in [6.45, 7) is 4.52. The second-order valence-corrected chi connectivity index (χ2v) is 10.5. The number of ketones is 2. The first-order valence-electron chi connectivity index (χ1n) is 14.7. The maximum atomic E-state index is 13.0. The van der Waals surface area contributed by atoms with Crippen molar-refractivity contribution >= 4 is 29.3 Å². The van der Waals surface area contributed by atoms with Crippen LogP contribution in [0.2, 0.25) is 0 Å². The van der Waals surface area contributed by atoms with Crippen LogP contribution in [0.3, 0.4) is 0 Å². The predicted octanol–water partition coefficient (Wildman–Crippen LogP) is 0.125. The molecule has 13 nitrogen and oxygen atoms in total. The average molecular weight is 609 g/mol. The molecule has 1 aromatic carbocycles. The normalized spacial score (nSPS) is 13.9. The van der Waals surface area contributed by atoms with Crippen LogP contribution >= 0.6 is 0 Å². The highest BCUT2D eigenvalue weighted by molar-refractivity contribution is 5.94. The number of phenols is 1. The summed E-state index contributed by atoms with van der Waals surface area (Å²) >= 11 is 0. The molecule has 0 unspecified atom stereocenters. The lowest BCUT2D eigenvalue weighted by atomic mass is 9.86. The molecule has 4 atom stereocenters. The second-order valence-electron chi connectivity index (χ2n) is 10.5. The van der Waals surface area contributed by atoms with Crippen LogP contribution in [0.1, 0.15) is 57.9 Å². The van der Waals surface area contributed by atoms with Gasteiger partial charge in [0.1, 0.15) is 18.1 Å². The van der Waals surface area contributed by atoms with E-state index in [1.165, 1.54) is 19.1 Å². The van der Waals surface area contributed by atoms with E-state index in [-0.39, 0.29) is 37.5 Å². The van der Waals surface area contributed by atoms with Crippen LogP contribution in [0.4, 0.5) is 0 Å².